The van der Waals surface area contributed by atoms with Crippen molar-refractivity contribution in [3.8, 4) is 11.5 Å². The molecule has 6 heteroatoms. The van der Waals surface area contributed by atoms with Crippen LogP contribution in [0, 0.1) is 5.92 Å². The van der Waals surface area contributed by atoms with Gasteiger partial charge in [0.2, 0.25) is 0 Å². The lowest BCUT2D eigenvalue weighted by atomic mass is 10.1. The first-order chi connectivity index (χ1) is 9.54. The predicted molar refractivity (Wildman–Crippen MR) is 78.4 cm³/mol. The molecule has 3 aromatic heterocycles. The first kappa shape index (κ1) is 12.9. The van der Waals surface area contributed by atoms with Gasteiger partial charge in [0.25, 0.3) is 0 Å². The summed E-state index contributed by atoms with van der Waals surface area (Å²) < 4.78 is 1.91. The molecule has 0 amide bonds. The van der Waals surface area contributed by atoms with E-state index >= 15 is 0 Å². The zero-order valence-electron chi connectivity index (χ0n) is 12.3. The minimum atomic E-state index is 0.291. The summed E-state index contributed by atoms with van der Waals surface area (Å²) in [7, 11) is 0. The first-order valence-corrected chi connectivity index (χ1v) is 7.02. The number of hydrogen-bond acceptors (Lipinski definition) is 3. The smallest absolute Gasteiger partial charge is 0.177 e. The van der Waals surface area contributed by atoms with E-state index in [1.807, 2.05) is 10.9 Å². The van der Waals surface area contributed by atoms with E-state index in [1.165, 1.54) is 0 Å². The lowest BCUT2D eigenvalue weighted by Crippen LogP contribution is -2.02. The summed E-state index contributed by atoms with van der Waals surface area (Å²) in [5.74, 6) is 1.39. The molecule has 20 heavy (non-hydrogen) atoms. The highest BCUT2D eigenvalue weighted by molar-refractivity contribution is 5.75. The monoisotopic (exact) mass is 272 g/mol. The molecule has 106 valence electrons. The number of fused-ring (bicyclic) bond motifs is 1. The Kier molecular flexibility index (Phi) is 3.08. The molecular formula is C14H20N6. The Balaban J connectivity index is 1.96. The third kappa shape index (κ3) is 2.21. The SMILES string of the molecule is CC(C)Cc1cc(-c2nc3c(cnn3C(C)C)[nH]2)n[nH]1. The minimum Gasteiger partial charge on any atom is -0.334 e. The van der Waals surface area contributed by atoms with E-state index in [4.69, 9.17) is 0 Å². The van der Waals surface area contributed by atoms with Crippen LogP contribution in [0.2, 0.25) is 0 Å². The molecule has 0 aromatic carbocycles. The first-order valence-electron chi connectivity index (χ1n) is 7.02. The molecule has 0 unspecified atom stereocenters. The van der Waals surface area contributed by atoms with Gasteiger partial charge in [0, 0.05) is 11.7 Å². The van der Waals surface area contributed by atoms with Crippen molar-refractivity contribution in [1.82, 2.24) is 29.9 Å². The van der Waals surface area contributed by atoms with E-state index in [1.54, 1.807) is 0 Å². The standard InChI is InChI=1S/C14H20N6/c1-8(2)5-10-6-11(19-18-10)13-16-12-7-15-20(9(3)4)14(12)17-13/h6-9H,5H2,1-4H3,(H,16,17)(H,18,19). The second-order valence-electron chi connectivity index (χ2n) is 5.88. The molecule has 0 aliphatic rings. The topological polar surface area (TPSA) is 75.2 Å². The second-order valence-corrected chi connectivity index (χ2v) is 5.88. The van der Waals surface area contributed by atoms with Gasteiger partial charge in [0.1, 0.15) is 11.2 Å². The van der Waals surface area contributed by atoms with Gasteiger partial charge in [-0.3, -0.25) is 5.10 Å². The lowest BCUT2D eigenvalue weighted by Gasteiger charge is -2.03. The van der Waals surface area contributed by atoms with Gasteiger partial charge in [-0.1, -0.05) is 13.8 Å². The Bertz CT molecular complexity index is 715. The van der Waals surface area contributed by atoms with Crippen LogP contribution in [-0.2, 0) is 6.42 Å². The van der Waals surface area contributed by atoms with Crippen molar-refractivity contribution in [3.05, 3.63) is 18.0 Å². The number of hydrogen-bond donors (Lipinski definition) is 2. The van der Waals surface area contributed by atoms with Gasteiger partial charge in [0.05, 0.1) is 6.20 Å². The molecule has 0 spiro atoms. The summed E-state index contributed by atoms with van der Waals surface area (Å²) in [6.45, 7) is 8.57. The van der Waals surface area contributed by atoms with E-state index in [2.05, 4.69) is 59.0 Å². The molecule has 3 heterocycles. The number of H-pyrrole nitrogens is 2. The van der Waals surface area contributed by atoms with Crippen LogP contribution in [0.3, 0.4) is 0 Å². The van der Waals surface area contributed by atoms with Crippen molar-refractivity contribution >= 4 is 11.2 Å². The van der Waals surface area contributed by atoms with E-state index in [9.17, 15) is 0 Å². The zero-order valence-corrected chi connectivity index (χ0v) is 12.3. The largest absolute Gasteiger partial charge is 0.334 e. The van der Waals surface area contributed by atoms with Gasteiger partial charge in [0.15, 0.2) is 11.5 Å². The normalized spacial score (nSPS) is 12.1. The Labute approximate surface area is 117 Å². The average Bonchev–Trinajstić information content (AvgIpc) is 2.99. The Morgan fingerprint density at radius 2 is 2.05 bits per heavy atom. The second kappa shape index (κ2) is 4.77. The summed E-state index contributed by atoms with van der Waals surface area (Å²) in [5.41, 5.74) is 3.82. The number of aromatic amines is 2. The van der Waals surface area contributed by atoms with Crippen LogP contribution in [0.4, 0.5) is 0 Å². The van der Waals surface area contributed by atoms with Gasteiger partial charge in [-0.2, -0.15) is 10.2 Å². The molecule has 3 aromatic rings. The molecule has 2 N–H and O–H groups in total. The van der Waals surface area contributed by atoms with E-state index in [-0.39, 0.29) is 0 Å². The summed E-state index contributed by atoms with van der Waals surface area (Å²) in [6, 6.07) is 2.35. The summed E-state index contributed by atoms with van der Waals surface area (Å²) in [4.78, 5) is 7.90. The van der Waals surface area contributed by atoms with Crippen molar-refractivity contribution in [1.29, 1.82) is 0 Å². The molecule has 0 radical (unpaired) electrons. The Morgan fingerprint density at radius 1 is 1.25 bits per heavy atom. The van der Waals surface area contributed by atoms with Crippen molar-refractivity contribution in [2.75, 3.05) is 0 Å². The number of aromatic nitrogens is 6. The number of rotatable bonds is 4. The van der Waals surface area contributed by atoms with Crippen LogP contribution >= 0.6 is 0 Å². The molecule has 0 saturated carbocycles. The molecule has 3 rings (SSSR count). The van der Waals surface area contributed by atoms with Crippen LogP contribution in [0.15, 0.2) is 12.3 Å². The highest BCUT2D eigenvalue weighted by Crippen LogP contribution is 2.21. The highest BCUT2D eigenvalue weighted by atomic mass is 15.3. The van der Waals surface area contributed by atoms with Gasteiger partial charge in [-0.25, -0.2) is 9.67 Å². The van der Waals surface area contributed by atoms with Crippen molar-refractivity contribution in [3.63, 3.8) is 0 Å². The maximum Gasteiger partial charge on any atom is 0.177 e. The quantitative estimate of drug-likeness (QED) is 0.766. The molecule has 0 aliphatic heterocycles. The highest BCUT2D eigenvalue weighted by Gasteiger charge is 2.14. The predicted octanol–water partition coefficient (Wildman–Crippen LogP) is 2.93. The average molecular weight is 272 g/mol. The van der Waals surface area contributed by atoms with E-state index in [0.29, 0.717) is 12.0 Å². The molecular weight excluding hydrogens is 252 g/mol. The summed E-state index contributed by atoms with van der Waals surface area (Å²) in [6.07, 6.45) is 2.81. The van der Waals surface area contributed by atoms with Gasteiger partial charge in [-0.05, 0) is 32.3 Å². The van der Waals surface area contributed by atoms with Crippen molar-refractivity contribution < 1.29 is 0 Å². The number of nitrogens with one attached hydrogen (secondary N) is 2. The lowest BCUT2D eigenvalue weighted by molar-refractivity contribution is 0.547. The third-order valence-corrected chi connectivity index (χ3v) is 3.23. The zero-order chi connectivity index (χ0) is 14.3. The number of imidazole rings is 1. The van der Waals surface area contributed by atoms with Crippen LogP contribution < -0.4 is 0 Å². The molecule has 0 bridgehead atoms. The van der Waals surface area contributed by atoms with Crippen LogP contribution in [-0.4, -0.2) is 29.9 Å². The molecule has 0 atom stereocenters. The van der Waals surface area contributed by atoms with Crippen molar-refractivity contribution in [2.24, 2.45) is 5.92 Å². The third-order valence-electron chi connectivity index (χ3n) is 3.23. The van der Waals surface area contributed by atoms with Crippen LogP contribution in [0.5, 0.6) is 0 Å². The van der Waals surface area contributed by atoms with Gasteiger partial charge in [-0.15, -0.1) is 0 Å². The van der Waals surface area contributed by atoms with E-state index in [0.717, 1.165) is 34.8 Å². The Hall–Kier alpha value is -2.11. The fourth-order valence-electron chi connectivity index (χ4n) is 2.34. The molecule has 0 fully saturated rings. The fraction of sp³-hybridized carbons (Fsp3) is 0.500. The molecule has 0 saturated heterocycles. The maximum absolute atomic E-state index is 4.62. The maximum atomic E-state index is 4.62. The summed E-state index contributed by atoms with van der Waals surface area (Å²) >= 11 is 0. The fourth-order valence-corrected chi connectivity index (χ4v) is 2.34. The van der Waals surface area contributed by atoms with Crippen LogP contribution in [0.25, 0.3) is 22.7 Å². The minimum absolute atomic E-state index is 0.291. The Morgan fingerprint density at radius 3 is 2.75 bits per heavy atom. The summed E-state index contributed by atoms with van der Waals surface area (Å²) in [5, 5.41) is 11.7. The van der Waals surface area contributed by atoms with Gasteiger partial charge >= 0.3 is 0 Å². The van der Waals surface area contributed by atoms with Crippen LogP contribution in [0.1, 0.15) is 39.4 Å². The number of nitrogens with zero attached hydrogens (tertiary/aromatic N) is 4. The molecule has 0 aliphatic carbocycles. The van der Waals surface area contributed by atoms with Gasteiger partial charge < -0.3 is 4.98 Å². The van der Waals surface area contributed by atoms with Crippen molar-refractivity contribution in [2.45, 2.75) is 40.2 Å². The van der Waals surface area contributed by atoms with E-state index < -0.39 is 0 Å². The molecule has 6 nitrogen and oxygen atoms in total.